The van der Waals surface area contributed by atoms with E-state index in [0.29, 0.717) is 6.61 Å². The molecule has 0 spiro atoms. The van der Waals surface area contributed by atoms with Crippen molar-refractivity contribution in [1.29, 1.82) is 0 Å². The maximum Gasteiger partial charge on any atom is 0.322 e. The van der Waals surface area contributed by atoms with Crippen LogP contribution in [0.3, 0.4) is 0 Å². The third-order valence-corrected chi connectivity index (χ3v) is 2.65. The number of aromatic hydroxyl groups is 1. The van der Waals surface area contributed by atoms with E-state index in [1.165, 1.54) is 0 Å². The average molecular weight is 251 g/mol. The highest BCUT2D eigenvalue weighted by Gasteiger charge is 2.16. The van der Waals surface area contributed by atoms with E-state index in [0.717, 1.165) is 12.0 Å². The molecule has 0 radical (unpaired) electrons. The molecule has 2 atom stereocenters. The van der Waals surface area contributed by atoms with Crippen LogP contribution in [-0.4, -0.2) is 29.8 Å². The Morgan fingerprint density at radius 1 is 1.33 bits per heavy atom. The number of carbonyl (C=O) groups excluding carboxylic acids is 1. The molecule has 0 saturated heterocycles. The minimum Gasteiger partial charge on any atom is -0.508 e. The molecule has 4 heteroatoms. The van der Waals surface area contributed by atoms with Crippen LogP contribution in [0, 0.1) is 0 Å². The Morgan fingerprint density at radius 3 is 2.50 bits per heavy atom. The van der Waals surface area contributed by atoms with E-state index in [1.807, 2.05) is 19.1 Å². The summed E-state index contributed by atoms with van der Waals surface area (Å²) in [6.07, 6.45) is 0.796. The van der Waals surface area contributed by atoms with E-state index in [-0.39, 0.29) is 23.8 Å². The maximum absolute atomic E-state index is 11.5. The van der Waals surface area contributed by atoms with Gasteiger partial charge in [-0.05, 0) is 44.9 Å². The van der Waals surface area contributed by atoms with Gasteiger partial charge in [0.1, 0.15) is 11.8 Å². The fraction of sp³-hybridized carbons (Fsp3) is 0.500. The number of phenols is 1. The van der Waals surface area contributed by atoms with Gasteiger partial charge in [0.25, 0.3) is 0 Å². The normalized spacial score (nSPS) is 13.9. The fourth-order valence-electron chi connectivity index (χ4n) is 1.81. The first-order chi connectivity index (χ1) is 8.52. The van der Waals surface area contributed by atoms with Gasteiger partial charge in [0.05, 0.1) is 6.61 Å². The molecule has 1 aromatic carbocycles. The summed E-state index contributed by atoms with van der Waals surface area (Å²) in [5.41, 5.74) is 1.11. The van der Waals surface area contributed by atoms with E-state index < -0.39 is 0 Å². The van der Waals surface area contributed by atoms with Gasteiger partial charge in [-0.15, -0.1) is 0 Å². The molecule has 0 aliphatic carbocycles. The molecule has 100 valence electrons. The Labute approximate surface area is 108 Å². The molecular formula is C14H21NO3. The van der Waals surface area contributed by atoms with Crippen molar-refractivity contribution in [2.45, 2.75) is 39.3 Å². The van der Waals surface area contributed by atoms with E-state index in [9.17, 15) is 9.90 Å². The molecule has 0 aromatic heterocycles. The van der Waals surface area contributed by atoms with Crippen LogP contribution in [0.2, 0.25) is 0 Å². The van der Waals surface area contributed by atoms with E-state index in [2.05, 4.69) is 5.32 Å². The lowest BCUT2D eigenvalue weighted by Gasteiger charge is -2.18. The number of esters is 1. The smallest absolute Gasteiger partial charge is 0.322 e. The summed E-state index contributed by atoms with van der Waals surface area (Å²) in [6.45, 7) is 6.01. The van der Waals surface area contributed by atoms with E-state index >= 15 is 0 Å². The SMILES string of the molecule is CCOC(=O)C(C)NC(C)Cc1ccc(O)cc1. The summed E-state index contributed by atoms with van der Waals surface area (Å²) in [6, 6.07) is 6.93. The third-order valence-electron chi connectivity index (χ3n) is 2.65. The van der Waals surface area contributed by atoms with Crippen LogP contribution in [0.4, 0.5) is 0 Å². The molecule has 0 saturated carbocycles. The molecule has 0 aliphatic heterocycles. The second-order valence-corrected chi connectivity index (χ2v) is 4.41. The number of phenolic OH excluding ortho intramolecular Hbond substituents is 1. The molecule has 18 heavy (non-hydrogen) atoms. The van der Waals surface area contributed by atoms with Gasteiger partial charge in [-0.1, -0.05) is 12.1 Å². The van der Waals surface area contributed by atoms with Crippen molar-refractivity contribution in [3.05, 3.63) is 29.8 Å². The summed E-state index contributed by atoms with van der Waals surface area (Å²) in [7, 11) is 0. The van der Waals surface area contributed by atoms with Crippen LogP contribution < -0.4 is 5.32 Å². The van der Waals surface area contributed by atoms with Gasteiger partial charge in [-0.3, -0.25) is 4.79 Å². The van der Waals surface area contributed by atoms with Gasteiger partial charge in [-0.2, -0.15) is 0 Å². The molecule has 0 bridgehead atoms. The highest BCUT2D eigenvalue weighted by molar-refractivity contribution is 5.75. The Hall–Kier alpha value is -1.55. The lowest BCUT2D eigenvalue weighted by molar-refractivity contribution is -0.145. The van der Waals surface area contributed by atoms with Crippen LogP contribution in [0.15, 0.2) is 24.3 Å². The summed E-state index contributed by atoms with van der Waals surface area (Å²) >= 11 is 0. The van der Waals surface area contributed by atoms with Crippen molar-refractivity contribution in [2.24, 2.45) is 0 Å². The molecule has 0 amide bonds. The fourth-order valence-corrected chi connectivity index (χ4v) is 1.81. The average Bonchev–Trinajstić information content (AvgIpc) is 2.32. The zero-order chi connectivity index (χ0) is 13.5. The minimum absolute atomic E-state index is 0.161. The Balaban J connectivity index is 2.43. The van der Waals surface area contributed by atoms with Crippen molar-refractivity contribution in [2.75, 3.05) is 6.61 Å². The van der Waals surface area contributed by atoms with E-state index in [4.69, 9.17) is 4.74 Å². The van der Waals surface area contributed by atoms with Gasteiger partial charge in [0.15, 0.2) is 0 Å². The monoisotopic (exact) mass is 251 g/mol. The predicted octanol–water partition coefficient (Wildman–Crippen LogP) is 1.86. The van der Waals surface area contributed by atoms with Crippen molar-refractivity contribution < 1.29 is 14.6 Å². The lowest BCUT2D eigenvalue weighted by atomic mass is 10.1. The molecule has 2 N–H and O–H groups in total. The third kappa shape index (κ3) is 4.75. The lowest BCUT2D eigenvalue weighted by Crippen LogP contribution is -2.41. The molecular weight excluding hydrogens is 230 g/mol. The standard InChI is InChI=1S/C14H21NO3/c1-4-18-14(17)11(3)15-10(2)9-12-5-7-13(16)8-6-12/h5-8,10-11,15-16H,4,9H2,1-3H3. The van der Waals surface area contributed by atoms with Gasteiger partial charge in [0, 0.05) is 6.04 Å². The molecule has 1 aromatic rings. The first-order valence-electron chi connectivity index (χ1n) is 6.23. The van der Waals surface area contributed by atoms with Crippen molar-refractivity contribution in [3.63, 3.8) is 0 Å². The van der Waals surface area contributed by atoms with Crippen LogP contribution in [-0.2, 0) is 16.0 Å². The summed E-state index contributed by atoms with van der Waals surface area (Å²) in [5.74, 6) is 0.0364. The zero-order valence-corrected chi connectivity index (χ0v) is 11.1. The number of carbonyl (C=O) groups is 1. The van der Waals surface area contributed by atoms with Crippen molar-refractivity contribution in [1.82, 2.24) is 5.32 Å². The highest BCUT2D eigenvalue weighted by Crippen LogP contribution is 2.11. The van der Waals surface area contributed by atoms with Gasteiger partial charge >= 0.3 is 5.97 Å². The molecule has 2 unspecified atom stereocenters. The van der Waals surface area contributed by atoms with Crippen molar-refractivity contribution in [3.8, 4) is 5.75 Å². The molecule has 1 rings (SSSR count). The summed E-state index contributed by atoms with van der Waals surface area (Å²) in [5, 5.41) is 12.4. The topological polar surface area (TPSA) is 58.6 Å². The number of hydrogen-bond donors (Lipinski definition) is 2. The van der Waals surface area contributed by atoms with Gasteiger partial charge in [-0.25, -0.2) is 0 Å². The van der Waals surface area contributed by atoms with Crippen LogP contribution >= 0.6 is 0 Å². The van der Waals surface area contributed by atoms with Crippen LogP contribution in [0.1, 0.15) is 26.3 Å². The summed E-state index contributed by atoms with van der Waals surface area (Å²) < 4.78 is 4.94. The summed E-state index contributed by atoms with van der Waals surface area (Å²) in [4.78, 5) is 11.5. The Morgan fingerprint density at radius 2 is 1.94 bits per heavy atom. The molecule has 0 fully saturated rings. The van der Waals surface area contributed by atoms with Crippen LogP contribution in [0.5, 0.6) is 5.75 Å². The largest absolute Gasteiger partial charge is 0.508 e. The zero-order valence-electron chi connectivity index (χ0n) is 11.1. The minimum atomic E-state index is -0.308. The predicted molar refractivity (Wildman–Crippen MR) is 70.5 cm³/mol. The Bertz CT molecular complexity index is 375. The van der Waals surface area contributed by atoms with E-state index in [1.54, 1.807) is 26.0 Å². The quantitative estimate of drug-likeness (QED) is 0.758. The van der Waals surface area contributed by atoms with Crippen molar-refractivity contribution >= 4 is 5.97 Å². The first kappa shape index (κ1) is 14.5. The molecule has 4 nitrogen and oxygen atoms in total. The highest BCUT2D eigenvalue weighted by atomic mass is 16.5. The van der Waals surface area contributed by atoms with Gasteiger partial charge < -0.3 is 15.2 Å². The van der Waals surface area contributed by atoms with Crippen LogP contribution in [0.25, 0.3) is 0 Å². The number of nitrogens with one attached hydrogen (secondary N) is 1. The second-order valence-electron chi connectivity index (χ2n) is 4.41. The molecule has 0 aliphatic rings. The first-order valence-corrected chi connectivity index (χ1v) is 6.23. The maximum atomic E-state index is 11.5. The second kappa shape index (κ2) is 7.01. The van der Waals surface area contributed by atoms with Gasteiger partial charge in [0.2, 0.25) is 0 Å². The number of benzene rings is 1. The molecule has 0 heterocycles. The number of ether oxygens (including phenoxy) is 1. The number of hydrogen-bond acceptors (Lipinski definition) is 4. The Kier molecular flexibility index (Phi) is 5.65. The number of rotatable bonds is 6.